The molecule has 1 N–H and O–H groups in total. The number of benzene rings is 1. The molecule has 234 valence electrons. The first-order chi connectivity index (χ1) is 20.8. The fraction of sp³-hybridized carbons (Fsp3) is 0.361. The van der Waals surface area contributed by atoms with Crippen molar-refractivity contribution < 1.29 is 14.0 Å². The van der Waals surface area contributed by atoms with E-state index in [1.807, 2.05) is 76.1 Å². The molecule has 0 bridgehead atoms. The number of allylic oxidation sites excluding steroid dienone is 7. The Labute approximate surface area is 265 Å². The number of rotatable bonds is 6. The van der Waals surface area contributed by atoms with Crippen LogP contribution in [0.25, 0.3) is 5.69 Å². The minimum absolute atomic E-state index is 0.0328. The topological polar surface area (TPSA) is 67.2 Å². The SMILES string of the molecule is C/C=C(\C)C(=O)N1CCc2c(C(=O)Nc3cc(C(C)(C)C)nn3-c3ccc(F)cc3)csc2C1.C/C=C\C=C/C(C)=C(C)C. The number of anilines is 1. The Balaban J connectivity index is 0.000000456. The summed E-state index contributed by atoms with van der Waals surface area (Å²) in [5.74, 6) is 0.00785. The Hall–Kier alpha value is -4.04. The zero-order chi connectivity index (χ0) is 32.6. The largest absolute Gasteiger partial charge is 0.333 e. The van der Waals surface area contributed by atoms with Crippen LogP contribution < -0.4 is 5.32 Å². The Kier molecular flexibility index (Phi) is 11.8. The quantitative estimate of drug-likeness (QED) is 0.222. The van der Waals surface area contributed by atoms with Crippen molar-refractivity contribution in [2.75, 3.05) is 11.9 Å². The summed E-state index contributed by atoms with van der Waals surface area (Å²) in [6.07, 6.45) is 10.7. The molecule has 0 saturated carbocycles. The van der Waals surface area contributed by atoms with E-state index >= 15 is 0 Å². The van der Waals surface area contributed by atoms with E-state index in [4.69, 9.17) is 0 Å². The van der Waals surface area contributed by atoms with E-state index in [2.05, 4.69) is 43.3 Å². The molecule has 1 aliphatic rings. The van der Waals surface area contributed by atoms with E-state index < -0.39 is 0 Å². The molecule has 0 fully saturated rings. The first kappa shape index (κ1) is 34.5. The van der Waals surface area contributed by atoms with Crippen LogP contribution in [0.3, 0.4) is 0 Å². The van der Waals surface area contributed by atoms with Gasteiger partial charge in [-0.3, -0.25) is 9.59 Å². The van der Waals surface area contributed by atoms with Gasteiger partial charge in [-0.25, -0.2) is 9.07 Å². The number of fused-ring (bicyclic) bond motifs is 1. The van der Waals surface area contributed by atoms with Gasteiger partial charge in [-0.2, -0.15) is 5.10 Å². The minimum atomic E-state index is -0.334. The molecule has 0 saturated heterocycles. The van der Waals surface area contributed by atoms with E-state index in [0.29, 0.717) is 36.6 Å². The van der Waals surface area contributed by atoms with Crippen molar-refractivity contribution in [2.24, 2.45) is 0 Å². The molecular formula is C36H45FN4O2S. The lowest BCUT2D eigenvalue weighted by molar-refractivity contribution is -0.127. The van der Waals surface area contributed by atoms with Gasteiger partial charge in [-0.05, 0) is 77.8 Å². The van der Waals surface area contributed by atoms with Crippen molar-refractivity contribution in [3.63, 3.8) is 0 Å². The number of carbonyl (C=O) groups excluding carboxylic acids is 2. The molecule has 3 heterocycles. The number of nitrogens with one attached hydrogen (secondary N) is 1. The third kappa shape index (κ3) is 8.76. The smallest absolute Gasteiger partial charge is 0.257 e. The van der Waals surface area contributed by atoms with Crippen LogP contribution >= 0.6 is 11.3 Å². The maximum absolute atomic E-state index is 13.5. The molecule has 8 heteroatoms. The van der Waals surface area contributed by atoms with Crippen LogP contribution in [0.1, 0.15) is 88.8 Å². The zero-order valence-electron chi connectivity index (χ0n) is 27.4. The predicted octanol–water partition coefficient (Wildman–Crippen LogP) is 8.95. The number of halogens is 1. The Morgan fingerprint density at radius 3 is 2.32 bits per heavy atom. The summed E-state index contributed by atoms with van der Waals surface area (Å²) in [6, 6.07) is 7.87. The molecule has 0 unspecified atom stereocenters. The number of hydrogen-bond acceptors (Lipinski definition) is 4. The van der Waals surface area contributed by atoms with Crippen LogP contribution in [0.15, 0.2) is 82.8 Å². The number of hydrogen-bond donors (Lipinski definition) is 1. The molecule has 0 atom stereocenters. The van der Waals surface area contributed by atoms with Crippen LogP contribution in [0.2, 0.25) is 0 Å². The molecule has 0 spiro atoms. The summed E-state index contributed by atoms with van der Waals surface area (Å²) in [5.41, 5.74) is 6.31. The highest BCUT2D eigenvalue weighted by Gasteiger charge is 2.28. The lowest BCUT2D eigenvalue weighted by Gasteiger charge is -2.27. The number of thiophene rings is 1. The van der Waals surface area contributed by atoms with E-state index in [0.717, 1.165) is 21.7 Å². The number of carbonyl (C=O) groups is 2. The Morgan fingerprint density at radius 2 is 1.73 bits per heavy atom. The average molecular weight is 617 g/mol. The van der Waals surface area contributed by atoms with Gasteiger partial charge in [0.2, 0.25) is 5.91 Å². The van der Waals surface area contributed by atoms with Crippen molar-refractivity contribution >= 4 is 29.0 Å². The fourth-order valence-electron chi connectivity index (χ4n) is 4.34. The van der Waals surface area contributed by atoms with E-state index in [1.54, 1.807) is 16.8 Å². The van der Waals surface area contributed by atoms with Gasteiger partial charge in [-0.15, -0.1) is 11.3 Å². The summed E-state index contributed by atoms with van der Waals surface area (Å²) < 4.78 is 15.1. The normalized spacial score (nSPS) is 13.5. The van der Waals surface area contributed by atoms with E-state index in [1.165, 1.54) is 34.6 Å². The third-order valence-electron chi connectivity index (χ3n) is 7.48. The van der Waals surface area contributed by atoms with Crippen molar-refractivity contribution in [3.8, 4) is 5.69 Å². The number of amides is 2. The van der Waals surface area contributed by atoms with Gasteiger partial charge in [0, 0.05) is 33.9 Å². The molecule has 6 nitrogen and oxygen atoms in total. The van der Waals surface area contributed by atoms with Gasteiger partial charge in [0.1, 0.15) is 11.6 Å². The van der Waals surface area contributed by atoms with Gasteiger partial charge in [0.05, 0.1) is 23.5 Å². The zero-order valence-corrected chi connectivity index (χ0v) is 28.2. The maximum atomic E-state index is 13.5. The Bertz CT molecular complexity index is 1590. The summed E-state index contributed by atoms with van der Waals surface area (Å²) >= 11 is 1.50. The molecular weight excluding hydrogens is 571 g/mol. The standard InChI is InChI=1S/C26H29FN4O2S.C10H16/c1-6-16(2)25(33)30-12-11-19-20(15-34-21(19)14-30)24(32)28-23-13-22(26(3,4)5)29-31(23)18-9-7-17(27)8-10-18;1-5-6-7-8-10(4)9(2)3/h6-10,13,15H,11-12,14H2,1-5H3,(H,28,32);5-8H,1-4H3/b16-6+;6-5-,8-7-. The van der Waals surface area contributed by atoms with Crippen LogP contribution in [0.5, 0.6) is 0 Å². The molecule has 2 aromatic heterocycles. The van der Waals surface area contributed by atoms with Crippen LogP contribution in [-0.4, -0.2) is 33.0 Å². The predicted molar refractivity (Wildman–Crippen MR) is 181 cm³/mol. The molecule has 2 amide bonds. The lowest BCUT2D eigenvalue weighted by Crippen LogP contribution is -2.36. The highest BCUT2D eigenvalue weighted by atomic mass is 32.1. The third-order valence-corrected chi connectivity index (χ3v) is 8.49. The molecule has 0 radical (unpaired) electrons. The molecule has 4 rings (SSSR count). The van der Waals surface area contributed by atoms with E-state index in [-0.39, 0.29) is 23.0 Å². The van der Waals surface area contributed by atoms with E-state index in [9.17, 15) is 14.0 Å². The lowest BCUT2D eigenvalue weighted by atomic mass is 9.92. The second-order valence-electron chi connectivity index (χ2n) is 12.1. The van der Waals surface area contributed by atoms with Crippen molar-refractivity contribution in [1.29, 1.82) is 0 Å². The van der Waals surface area contributed by atoms with Crippen molar-refractivity contribution in [1.82, 2.24) is 14.7 Å². The van der Waals surface area contributed by atoms with Gasteiger partial charge < -0.3 is 10.2 Å². The summed E-state index contributed by atoms with van der Waals surface area (Å²) in [5, 5.41) is 9.57. The molecule has 3 aromatic rings. The second-order valence-corrected chi connectivity index (χ2v) is 13.0. The van der Waals surface area contributed by atoms with Crippen LogP contribution in [0, 0.1) is 5.82 Å². The van der Waals surface area contributed by atoms with Gasteiger partial charge in [0.25, 0.3) is 5.91 Å². The molecule has 1 aromatic carbocycles. The van der Waals surface area contributed by atoms with Crippen molar-refractivity contribution in [2.45, 2.75) is 80.7 Å². The van der Waals surface area contributed by atoms with Gasteiger partial charge in [-0.1, -0.05) is 62.3 Å². The van der Waals surface area contributed by atoms with Crippen LogP contribution in [0.4, 0.5) is 10.2 Å². The fourth-order valence-corrected chi connectivity index (χ4v) is 5.44. The number of nitrogens with zero attached hydrogens (tertiary/aromatic N) is 3. The highest BCUT2D eigenvalue weighted by molar-refractivity contribution is 7.10. The monoisotopic (exact) mass is 616 g/mol. The first-order valence-electron chi connectivity index (χ1n) is 14.9. The molecule has 44 heavy (non-hydrogen) atoms. The average Bonchev–Trinajstić information content (AvgIpc) is 3.61. The summed E-state index contributed by atoms with van der Waals surface area (Å²) in [4.78, 5) is 28.7. The Morgan fingerprint density at radius 1 is 1.05 bits per heavy atom. The number of aromatic nitrogens is 2. The summed E-state index contributed by atoms with van der Waals surface area (Å²) in [6.45, 7) is 19.3. The molecule has 1 aliphatic heterocycles. The van der Waals surface area contributed by atoms with Crippen molar-refractivity contribution in [3.05, 3.63) is 110 Å². The minimum Gasteiger partial charge on any atom is -0.333 e. The maximum Gasteiger partial charge on any atom is 0.257 e. The van der Waals surface area contributed by atoms with Crippen LogP contribution in [-0.2, 0) is 23.2 Å². The molecule has 0 aliphatic carbocycles. The summed E-state index contributed by atoms with van der Waals surface area (Å²) in [7, 11) is 0. The van der Waals surface area contributed by atoms with Gasteiger partial charge in [0.15, 0.2) is 0 Å². The first-order valence-corrected chi connectivity index (χ1v) is 15.8. The second kappa shape index (κ2) is 15.1. The highest BCUT2D eigenvalue weighted by Crippen LogP contribution is 2.31. The van der Waals surface area contributed by atoms with Gasteiger partial charge >= 0.3 is 0 Å².